The topological polar surface area (TPSA) is 118 Å². The van der Waals surface area contributed by atoms with Gasteiger partial charge in [0.25, 0.3) is 5.56 Å². The zero-order valence-corrected chi connectivity index (χ0v) is 17.6. The van der Waals surface area contributed by atoms with Crippen LogP contribution in [0.2, 0.25) is 0 Å². The molecule has 3 heterocycles. The summed E-state index contributed by atoms with van der Waals surface area (Å²) in [5, 5.41) is 17.0. The fourth-order valence-electron chi connectivity index (χ4n) is 4.00. The van der Waals surface area contributed by atoms with Gasteiger partial charge < -0.3 is 25.7 Å². The summed E-state index contributed by atoms with van der Waals surface area (Å²) in [4.78, 5) is 28.0. The van der Waals surface area contributed by atoms with Gasteiger partial charge in [0.15, 0.2) is 0 Å². The number of aliphatic hydroxyl groups excluding tert-OH is 1. The highest BCUT2D eigenvalue weighted by Crippen LogP contribution is 2.27. The zero-order chi connectivity index (χ0) is 22.1. The number of anilines is 1. The first-order valence-electron chi connectivity index (χ1n) is 10.6. The Bertz CT molecular complexity index is 1360. The molecular weight excluding hydrogens is 404 g/mol. The minimum absolute atomic E-state index is 0.259. The van der Waals surface area contributed by atoms with E-state index in [1.165, 1.54) is 0 Å². The quantitative estimate of drug-likeness (QED) is 0.324. The van der Waals surface area contributed by atoms with Crippen molar-refractivity contribution >= 4 is 22.6 Å². The first-order chi connectivity index (χ1) is 15.6. The highest BCUT2D eigenvalue weighted by molar-refractivity contribution is 6.03. The molecule has 8 nitrogen and oxygen atoms in total. The van der Waals surface area contributed by atoms with Crippen molar-refractivity contribution in [2.24, 2.45) is 4.99 Å². The average Bonchev–Trinajstić information content (AvgIpc) is 3.48. The van der Waals surface area contributed by atoms with Gasteiger partial charge in [0.1, 0.15) is 17.2 Å². The molecule has 4 aromatic rings. The minimum atomic E-state index is -0.705. The van der Waals surface area contributed by atoms with Crippen LogP contribution in [-0.2, 0) is 0 Å². The molecule has 0 saturated heterocycles. The van der Waals surface area contributed by atoms with E-state index in [-0.39, 0.29) is 12.1 Å². The lowest BCUT2D eigenvalue weighted by atomic mass is 10.1. The number of hydrogen-bond donors (Lipinski definition) is 5. The first-order valence-corrected chi connectivity index (χ1v) is 10.6. The van der Waals surface area contributed by atoms with Crippen LogP contribution in [0.4, 0.5) is 5.69 Å². The van der Waals surface area contributed by atoms with Crippen molar-refractivity contribution in [2.45, 2.75) is 13.0 Å². The summed E-state index contributed by atoms with van der Waals surface area (Å²) in [5.41, 5.74) is 5.19. The van der Waals surface area contributed by atoms with Crippen molar-refractivity contribution in [3.8, 4) is 11.4 Å². The van der Waals surface area contributed by atoms with Crippen molar-refractivity contribution in [3.05, 3.63) is 81.8 Å². The number of hydrogen-bond acceptors (Lipinski definition) is 6. The van der Waals surface area contributed by atoms with Crippen LogP contribution in [0.5, 0.6) is 0 Å². The van der Waals surface area contributed by atoms with Gasteiger partial charge in [0.05, 0.1) is 29.4 Å². The Morgan fingerprint density at radius 3 is 2.81 bits per heavy atom. The Hall–Kier alpha value is -3.91. The molecule has 5 rings (SSSR count). The van der Waals surface area contributed by atoms with Gasteiger partial charge in [-0.15, -0.1) is 0 Å². The molecule has 0 aliphatic carbocycles. The Kier molecular flexibility index (Phi) is 5.20. The van der Waals surface area contributed by atoms with Crippen molar-refractivity contribution in [3.63, 3.8) is 0 Å². The molecule has 0 saturated carbocycles. The first kappa shape index (κ1) is 20.0. The molecule has 0 unspecified atom stereocenters. The molecule has 5 N–H and O–H groups in total. The van der Waals surface area contributed by atoms with E-state index in [4.69, 9.17) is 4.98 Å². The maximum Gasteiger partial charge on any atom is 0.261 e. The Morgan fingerprint density at radius 2 is 2.03 bits per heavy atom. The fraction of sp³-hybridized carbons (Fsp3) is 0.208. The Labute approximate surface area is 184 Å². The van der Waals surface area contributed by atoms with E-state index in [1.54, 1.807) is 12.3 Å². The van der Waals surface area contributed by atoms with Gasteiger partial charge in [-0.1, -0.05) is 30.3 Å². The third-order valence-electron chi connectivity index (χ3n) is 5.59. The maximum absolute atomic E-state index is 12.7. The van der Waals surface area contributed by atoms with Crippen LogP contribution in [0.3, 0.4) is 0 Å². The van der Waals surface area contributed by atoms with E-state index in [2.05, 4.69) is 31.7 Å². The molecule has 8 heteroatoms. The van der Waals surface area contributed by atoms with E-state index < -0.39 is 6.10 Å². The fourth-order valence-corrected chi connectivity index (χ4v) is 4.00. The number of benzene rings is 2. The molecule has 1 atom stereocenters. The number of nitrogens with zero attached hydrogens (tertiary/aromatic N) is 2. The highest BCUT2D eigenvalue weighted by atomic mass is 16.3. The smallest absolute Gasteiger partial charge is 0.261 e. The van der Waals surface area contributed by atoms with Crippen molar-refractivity contribution < 1.29 is 5.11 Å². The van der Waals surface area contributed by atoms with Crippen LogP contribution >= 0.6 is 0 Å². The molecule has 2 aromatic carbocycles. The predicted octanol–water partition coefficient (Wildman–Crippen LogP) is 2.72. The van der Waals surface area contributed by atoms with Crippen molar-refractivity contribution in [1.29, 1.82) is 0 Å². The van der Waals surface area contributed by atoms with Gasteiger partial charge in [-0.25, -0.2) is 4.98 Å². The number of rotatable bonds is 6. The van der Waals surface area contributed by atoms with E-state index >= 15 is 0 Å². The molecule has 32 heavy (non-hydrogen) atoms. The molecule has 162 valence electrons. The van der Waals surface area contributed by atoms with Crippen molar-refractivity contribution in [2.75, 3.05) is 25.0 Å². The van der Waals surface area contributed by atoms with Crippen molar-refractivity contribution in [1.82, 2.24) is 20.3 Å². The number of aryl methyl sites for hydroxylation is 1. The third-order valence-corrected chi connectivity index (χ3v) is 5.59. The SMILES string of the molecule is Cc1cc(C2=NCCN2)cc2[nH]c(-c3c(NC[C@H](O)c4ccccc4)cc[nH]c3=O)nc12. The van der Waals surface area contributed by atoms with Gasteiger partial charge in [0, 0.05) is 24.8 Å². The van der Waals surface area contributed by atoms with Crippen LogP contribution in [-0.4, -0.2) is 45.5 Å². The second-order valence-corrected chi connectivity index (χ2v) is 7.83. The lowest BCUT2D eigenvalue weighted by molar-refractivity contribution is 0.191. The maximum atomic E-state index is 12.7. The molecule has 1 aliphatic heterocycles. The summed E-state index contributed by atoms with van der Waals surface area (Å²) in [7, 11) is 0. The van der Waals surface area contributed by atoms with E-state index in [0.29, 0.717) is 17.1 Å². The van der Waals surface area contributed by atoms with Crippen LogP contribution in [0.25, 0.3) is 22.4 Å². The van der Waals surface area contributed by atoms with E-state index in [1.807, 2.05) is 43.3 Å². The number of pyridine rings is 1. The summed E-state index contributed by atoms with van der Waals surface area (Å²) in [6.07, 6.45) is 0.877. The molecular formula is C24H24N6O2. The third kappa shape index (κ3) is 3.76. The van der Waals surface area contributed by atoms with Gasteiger partial charge in [-0.05, 0) is 36.2 Å². The number of fused-ring (bicyclic) bond motifs is 1. The van der Waals surface area contributed by atoms with Crippen LogP contribution in [0.1, 0.15) is 22.8 Å². The number of amidine groups is 1. The van der Waals surface area contributed by atoms with Crippen LogP contribution < -0.4 is 16.2 Å². The number of nitrogens with one attached hydrogen (secondary N) is 4. The number of aromatic nitrogens is 3. The molecule has 2 aromatic heterocycles. The predicted molar refractivity (Wildman–Crippen MR) is 126 cm³/mol. The highest BCUT2D eigenvalue weighted by Gasteiger charge is 2.18. The summed E-state index contributed by atoms with van der Waals surface area (Å²) < 4.78 is 0. The van der Waals surface area contributed by atoms with Gasteiger partial charge >= 0.3 is 0 Å². The van der Waals surface area contributed by atoms with Crippen LogP contribution in [0, 0.1) is 6.92 Å². The Balaban J connectivity index is 1.49. The minimum Gasteiger partial charge on any atom is -0.387 e. The van der Waals surface area contributed by atoms with E-state index in [0.717, 1.165) is 46.6 Å². The molecule has 0 amide bonds. The standard InChI is InChI=1S/C24H24N6O2/c1-14-11-16(22-25-9-10-26-22)12-18-21(14)30-23(29-18)20-17(7-8-27-24(20)32)28-13-19(31)15-5-3-2-4-6-15/h2-8,11-12,19,31H,9-10,13H2,1H3,(H,25,26)(H,29,30)(H2,27,28,32)/t19-/m0/s1. The number of H-pyrrole nitrogens is 2. The summed E-state index contributed by atoms with van der Waals surface area (Å²) in [5.74, 6) is 1.35. The largest absolute Gasteiger partial charge is 0.387 e. The molecule has 1 aliphatic rings. The summed E-state index contributed by atoms with van der Waals surface area (Å²) in [6.45, 7) is 3.86. The Morgan fingerprint density at radius 1 is 1.19 bits per heavy atom. The molecule has 0 fully saturated rings. The summed E-state index contributed by atoms with van der Waals surface area (Å²) in [6, 6.07) is 15.2. The zero-order valence-electron chi connectivity index (χ0n) is 17.6. The molecule has 0 bridgehead atoms. The van der Waals surface area contributed by atoms with Crippen LogP contribution in [0.15, 0.2) is 64.5 Å². The lowest BCUT2D eigenvalue weighted by Gasteiger charge is -2.14. The second kappa shape index (κ2) is 8.32. The monoisotopic (exact) mass is 428 g/mol. The number of aliphatic imine (C=N–C) groups is 1. The summed E-state index contributed by atoms with van der Waals surface area (Å²) >= 11 is 0. The average molecular weight is 428 g/mol. The second-order valence-electron chi connectivity index (χ2n) is 7.83. The number of aliphatic hydroxyl groups is 1. The van der Waals surface area contributed by atoms with Gasteiger partial charge in [-0.2, -0.15) is 0 Å². The molecule has 0 spiro atoms. The number of imidazole rings is 1. The number of aromatic amines is 2. The molecule has 0 radical (unpaired) electrons. The van der Waals surface area contributed by atoms with Gasteiger partial charge in [0.2, 0.25) is 0 Å². The lowest BCUT2D eigenvalue weighted by Crippen LogP contribution is -2.19. The van der Waals surface area contributed by atoms with Gasteiger partial charge in [-0.3, -0.25) is 9.79 Å². The van der Waals surface area contributed by atoms with E-state index in [9.17, 15) is 9.90 Å². The normalized spacial score (nSPS) is 14.2.